The third kappa shape index (κ3) is 4.38. The number of imidazole rings is 1. The fraction of sp³-hybridized carbons (Fsp3) is 0.333. The van der Waals surface area contributed by atoms with Crippen LogP contribution in [-0.4, -0.2) is 22.0 Å². The average molecular weight is 292 g/mol. The van der Waals surface area contributed by atoms with Crippen molar-refractivity contribution in [2.75, 3.05) is 6.54 Å². The molecule has 1 aromatic heterocycles. The van der Waals surface area contributed by atoms with Gasteiger partial charge in [-0.25, -0.2) is 4.98 Å². The van der Waals surface area contributed by atoms with Crippen molar-refractivity contribution in [3.8, 4) is 0 Å². The van der Waals surface area contributed by atoms with Crippen LogP contribution in [-0.2, 0) is 17.8 Å². The van der Waals surface area contributed by atoms with Gasteiger partial charge < -0.3 is 9.88 Å². The van der Waals surface area contributed by atoms with Crippen molar-refractivity contribution in [3.05, 3.63) is 53.1 Å². The lowest BCUT2D eigenvalue weighted by molar-refractivity contribution is -0.121. The summed E-state index contributed by atoms with van der Waals surface area (Å²) in [6.07, 6.45) is 4.91. The third-order valence-corrected chi connectivity index (χ3v) is 3.40. The molecule has 20 heavy (non-hydrogen) atoms. The number of nitrogens with one attached hydrogen (secondary N) is 1. The normalized spacial score (nSPS) is 10.5. The largest absolute Gasteiger partial charge is 0.356 e. The highest BCUT2D eigenvalue weighted by molar-refractivity contribution is 6.30. The number of benzene rings is 1. The SMILES string of the molecule is Cc1nccn1CCC(=O)NCCc1ccc(Cl)cc1. The van der Waals surface area contributed by atoms with Crippen LogP contribution in [0.15, 0.2) is 36.7 Å². The van der Waals surface area contributed by atoms with E-state index < -0.39 is 0 Å². The van der Waals surface area contributed by atoms with E-state index in [-0.39, 0.29) is 5.91 Å². The van der Waals surface area contributed by atoms with Gasteiger partial charge in [0.25, 0.3) is 0 Å². The zero-order chi connectivity index (χ0) is 14.4. The highest BCUT2D eigenvalue weighted by atomic mass is 35.5. The summed E-state index contributed by atoms with van der Waals surface area (Å²) in [5, 5.41) is 3.65. The first-order valence-corrected chi connectivity index (χ1v) is 7.02. The smallest absolute Gasteiger partial charge is 0.221 e. The summed E-state index contributed by atoms with van der Waals surface area (Å²) >= 11 is 5.82. The van der Waals surface area contributed by atoms with Crippen LogP contribution >= 0.6 is 11.6 Å². The van der Waals surface area contributed by atoms with Gasteiger partial charge in [0.2, 0.25) is 5.91 Å². The summed E-state index contributed by atoms with van der Waals surface area (Å²) in [4.78, 5) is 15.9. The van der Waals surface area contributed by atoms with Crippen LogP contribution in [0.4, 0.5) is 0 Å². The Balaban J connectivity index is 1.68. The van der Waals surface area contributed by atoms with Crippen molar-refractivity contribution in [2.24, 2.45) is 0 Å². The molecule has 0 atom stereocenters. The molecule has 1 N–H and O–H groups in total. The lowest BCUT2D eigenvalue weighted by atomic mass is 10.1. The van der Waals surface area contributed by atoms with Gasteiger partial charge in [-0.3, -0.25) is 4.79 Å². The summed E-state index contributed by atoms with van der Waals surface area (Å²) in [5.74, 6) is 0.992. The molecule has 1 amide bonds. The van der Waals surface area contributed by atoms with Gasteiger partial charge in [-0.15, -0.1) is 0 Å². The number of amides is 1. The lowest BCUT2D eigenvalue weighted by Gasteiger charge is -2.07. The van der Waals surface area contributed by atoms with Gasteiger partial charge in [0.05, 0.1) is 0 Å². The Hall–Kier alpha value is -1.81. The van der Waals surface area contributed by atoms with E-state index in [0.29, 0.717) is 19.5 Å². The van der Waals surface area contributed by atoms with Crippen LogP contribution < -0.4 is 5.32 Å². The molecule has 4 nitrogen and oxygen atoms in total. The molecule has 2 aromatic rings. The Morgan fingerprint density at radius 3 is 2.75 bits per heavy atom. The predicted molar refractivity (Wildman–Crippen MR) is 79.7 cm³/mol. The second-order valence-corrected chi connectivity index (χ2v) is 5.08. The molecule has 0 spiro atoms. The number of aromatic nitrogens is 2. The fourth-order valence-corrected chi connectivity index (χ4v) is 2.07. The Morgan fingerprint density at radius 1 is 1.35 bits per heavy atom. The van der Waals surface area contributed by atoms with Crippen molar-refractivity contribution < 1.29 is 4.79 Å². The van der Waals surface area contributed by atoms with E-state index in [0.717, 1.165) is 17.3 Å². The Bertz CT molecular complexity index is 563. The topological polar surface area (TPSA) is 46.9 Å². The lowest BCUT2D eigenvalue weighted by Crippen LogP contribution is -2.26. The van der Waals surface area contributed by atoms with E-state index >= 15 is 0 Å². The summed E-state index contributed by atoms with van der Waals surface area (Å²) in [6, 6.07) is 7.67. The molecule has 0 aliphatic heterocycles. The van der Waals surface area contributed by atoms with Crippen LogP contribution in [0, 0.1) is 6.92 Å². The number of carbonyl (C=O) groups excluding carboxylic acids is 1. The maximum Gasteiger partial charge on any atom is 0.221 e. The number of aryl methyl sites for hydroxylation is 2. The minimum absolute atomic E-state index is 0.0621. The molecule has 1 aromatic carbocycles. The highest BCUT2D eigenvalue weighted by Crippen LogP contribution is 2.09. The van der Waals surface area contributed by atoms with Gasteiger partial charge in [-0.1, -0.05) is 23.7 Å². The molecule has 1 heterocycles. The average Bonchev–Trinajstić information content (AvgIpc) is 2.84. The van der Waals surface area contributed by atoms with Gasteiger partial charge in [0.15, 0.2) is 0 Å². The molecule has 5 heteroatoms. The van der Waals surface area contributed by atoms with Gasteiger partial charge in [0.1, 0.15) is 5.82 Å². The number of nitrogens with zero attached hydrogens (tertiary/aromatic N) is 2. The second kappa shape index (κ2) is 7.10. The van der Waals surface area contributed by atoms with Crippen LogP contribution in [0.3, 0.4) is 0 Å². The molecule has 0 saturated carbocycles. The number of hydrogen-bond donors (Lipinski definition) is 1. The first-order chi connectivity index (χ1) is 9.65. The maximum absolute atomic E-state index is 11.7. The van der Waals surface area contributed by atoms with Gasteiger partial charge in [0, 0.05) is 36.9 Å². The van der Waals surface area contributed by atoms with Crippen molar-refractivity contribution in [3.63, 3.8) is 0 Å². The van der Waals surface area contributed by atoms with E-state index in [9.17, 15) is 4.79 Å². The minimum atomic E-state index is 0.0621. The summed E-state index contributed by atoms with van der Waals surface area (Å²) in [7, 11) is 0. The Kier molecular flexibility index (Phi) is 5.18. The van der Waals surface area contributed by atoms with Crippen LogP contribution in [0.25, 0.3) is 0 Å². The van der Waals surface area contributed by atoms with Crippen LogP contribution in [0.2, 0.25) is 5.02 Å². The number of rotatable bonds is 6. The van der Waals surface area contributed by atoms with Crippen molar-refractivity contribution in [2.45, 2.75) is 26.3 Å². The van der Waals surface area contributed by atoms with E-state index in [1.807, 2.05) is 42.0 Å². The van der Waals surface area contributed by atoms with Crippen LogP contribution in [0.1, 0.15) is 17.8 Å². The first kappa shape index (κ1) is 14.6. The van der Waals surface area contributed by atoms with Crippen molar-refractivity contribution >= 4 is 17.5 Å². The number of carbonyl (C=O) groups is 1. The van der Waals surface area contributed by atoms with E-state index in [1.54, 1.807) is 6.20 Å². The molecule has 0 fully saturated rings. The quantitative estimate of drug-likeness (QED) is 0.889. The van der Waals surface area contributed by atoms with E-state index in [4.69, 9.17) is 11.6 Å². The molecule has 0 aliphatic carbocycles. The standard InChI is InChI=1S/C15H18ClN3O/c1-12-17-9-11-19(12)10-7-15(20)18-8-6-13-2-4-14(16)5-3-13/h2-5,9,11H,6-8,10H2,1H3,(H,18,20). The number of hydrogen-bond acceptors (Lipinski definition) is 2. The summed E-state index contributed by atoms with van der Waals surface area (Å²) in [6.45, 7) is 3.24. The van der Waals surface area contributed by atoms with Gasteiger partial charge in [-0.2, -0.15) is 0 Å². The summed E-state index contributed by atoms with van der Waals surface area (Å²) in [5.41, 5.74) is 1.17. The molecular weight excluding hydrogens is 274 g/mol. The maximum atomic E-state index is 11.7. The van der Waals surface area contributed by atoms with Gasteiger partial charge >= 0.3 is 0 Å². The Labute approximate surface area is 123 Å². The first-order valence-electron chi connectivity index (χ1n) is 6.64. The zero-order valence-electron chi connectivity index (χ0n) is 11.5. The zero-order valence-corrected chi connectivity index (χ0v) is 12.2. The molecule has 106 valence electrons. The minimum Gasteiger partial charge on any atom is -0.356 e. The molecule has 0 aliphatic rings. The van der Waals surface area contributed by atoms with E-state index in [1.165, 1.54) is 5.56 Å². The molecule has 0 bridgehead atoms. The van der Waals surface area contributed by atoms with E-state index in [2.05, 4.69) is 10.3 Å². The third-order valence-electron chi connectivity index (χ3n) is 3.15. The fourth-order valence-electron chi connectivity index (χ4n) is 1.95. The van der Waals surface area contributed by atoms with Crippen molar-refractivity contribution in [1.82, 2.24) is 14.9 Å². The predicted octanol–water partition coefficient (Wildman–Crippen LogP) is 2.59. The van der Waals surface area contributed by atoms with Crippen molar-refractivity contribution in [1.29, 1.82) is 0 Å². The molecule has 0 radical (unpaired) electrons. The van der Waals surface area contributed by atoms with Gasteiger partial charge in [-0.05, 0) is 31.0 Å². The number of halogens is 1. The molecule has 0 saturated heterocycles. The summed E-state index contributed by atoms with van der Waals surface area (Å²) < 4.78 is 1.97. The van der Waals surface area contributed by atoms with Crippen LogP contribution in [0.5, 0.6) is 0 Å². The second-order valence-electron chi connectivity index (χ2n) is 4.64. The highest BCUT2D eigenvalue weighted by Gasteiger charge is 2.03. The Morgan fingerprint density at radius 2 is 2.10 bits per heavy atom. The molecule has 2 rings (SSSR count). The molecular formula is C15H18ClN3O. The molecule has 0 unspecified atom stereocenters. The monoisotopic (exact) mass is 291 g/mol.